The third kappa shape index (κ3) is 8.61. The number of tetrazole rings is 1. The summed E-state index contributed by atoms with van der Waals surface area (Å²) in [5.74, 6) is -1.28. The first-order chi connectivity index (χ1) is 22.2. The number of hydrogen-bond acceptors (Lipinski definition) is 10. The van der Waals surface area contributed by atoms with Crippen molar-refractivity contribution >= 4 is 17.7 Å². The number of nitrogens with one attached hydrogen (secondary N) is 2. The van der Waals surface area contributed by atoms with Gasteiger partial charge in [0.1, 0.15) is 36.3 Å². The largest absolute Gasteiger partial charge is 0.491 e. The van der Waals surface area contributed by atoms with E-state index < -0.39 is 23.7 Å². The summed E-state index contributed by atoms with van der Waals surface area (Å²) < 4.78 is 28.8. The lowest BCUT2D eigenvalue weighted by atomic mass is 10.0. The molecule has 0 radical (unpaired) electrons. The molecule has 2 aromatic carbocycles. The maximum atomic E-state index is 14.2. The molecule has 0 aliphatic carbocycles. The van der Waals surface area contributed by atoms with Crippen LogP contribution in [0.4, 0.5) is 4.39 Å². The fraction of sp³-hybridized carbons (Fsp3) is 0.400. The van der Waals surface area contributed by atoms with Gasteiger partial charge in [-0.25, -0.2) is 13.8 Å². The van der Waals surface area contributed by atoms with E-state index in [1.165, 1.54) is 23.1 Å². The van der Waals surface area contributed by atoms with Crippen LogP contribution in [0, 0.1) is 11.7 Å². The van der Waals surface area contributed by atoms with Gasteiger partial charge in [-0.2, -0.15) is 0 Å². The predicted molar refractivity (Wildman–Crippen MR) is 161 cm³/mol. The second-order valence-corrected chi connectivity index (χ2v) is 11.1. The number of rotatable bonds is 6. The van der Waals surface area contributed by atoms with E-state index in [1.54, 1.807) is 40.0 Å². The predicted octanol–water partition coefficient (Wildman–Crippen LogP) is 1.20. The van der Waals surface area contributed by atoms with Crippen molar-refractivity contribution in [3.63, 3.8) is 0 Å². The van der Waals surface area contributed by atoms with Crippen LogP contribution in [-0.4, -0.2) is 96.7 Å². The Balaban J connectivity index is 1.31. The average molecular weight is 635 g/mol. The molecule has 46 heavy (non-hydrogen) atoms. The van der Waals surface area contributed by atoms with E-state index in [4.69, 9.17) is 9.47 Å². The van der Waals surface area contributed by atoms with Crippen molar-refractivity contribution in [1.82, 2.24) is 50.7 Å². The molecule has 0 saturated carbocycles. The molecule has 2 bridgehead atoms. The van der Waals surface area contributed by atoms with Gasteiger partial charge in [0.15, 0.2) is 6.61 Å². The summed E-state index contributed by atoms with van der Waals surface area (Å²) in [6, 6.07) is 9.76. The maximum absolute atomic E-state index is 14.2. The number of fused-ring (bicyclic) bond motifs is 3. The number of halogens is 1. The van der Waals surface area contributed by atoms with Gasteiger partial charge < -0.3 is 25.0 Å². The molecular formula is C30H35FN10O5. The first-order valence-electron chi connectivity index (χ1n) is 14.9. The van der Waals surface area contributed by atoms with Gasteiger partial charge in [0.2, 0.25) is 5.91 Å². The summed E-state index contributed by atoms with van der Waals surface area (Å²) in [5.41, 5.74) is 1.29. The summed E-state index contributed by atoms with van der Waals surface area (Å²) in [6.45, 7) is 4.62. The molecule has 0 spiro atoms. The van der Waals surface area contributed by atoms with E-state index >= 15 is 0 Å². The highest BCUT2D eigenvalue weighted by atomic mass is 19.1. The molecule has 5 rings (SSSR count). The monoisotopic (exact) mass is 634 g/mol. The Morgan fingerprint density at radius 3 is 2.80 bits per heavy atom. The van der Waals surface area contributed by atoms with E-state index in [0.717, 1.165) is 6.07 Å². The van der Waals surface area contributed by atoms with Crippen molar-refractivity contribution in [2.45, 2.75) is 39.3 Å². The first-order valence-corrected chi connectivity index (χ1v) is 14.9. The van der Waals surface area contributed by atoms with E-state index in [-0.39, 0.29) is 49.4 Å². The van der Waals surface area contributed by atoms with Crippen molar-refractivity contribution < 1.29 is 28.2 Å². The fourth-order valence-corrected chi connectivity index (χ4v) is 4.84. The van der Waals surface area contributed by atoms with Gasteiger partial charge in [-0.05, 0) is 53.1 Å². The van der Waals surface area contributed by atoms with Crippen molar-refractivity contribution in [3.8, 4) is 17.2 Å². The topological polar surface area (TPSA) is 171 Å². The molecular weight excluding hydrogens is 599 g/mol. The van der Waals surface area contributed by atoms with Gasteiger partial charge >= 0.3 is 0 Å². The minimum Gasteiger partial charge on any atom is -0.491 e. The Kier molecular flexibility index (Phi) is 10.5. The second-order valence-electron chi connectivity index (χ2n) is 11.1. The van der Waals surface area contributed by atoms with Gasteiger partial charge in [-0.3, -0.25) is 14.4 Å². The molecule has 2 aromatic heterocycles. The van der Waals surface area contributed by atoms with Crippen LogP contribution in [0.25, 0.3) is 5.69 Å². The SMILES string of the molecule is CC(C)C[C@H]1NC(=O)c2cc(F)ccc2OCCn2cc(nn2)CCN(C(=O)COc2cccc(-n3cnnn3)c2)CCNC1=O. The van der Waals surface area contributed by atoms with Crippen molar-refractivity contribution in [3.05, 3.63) is 72.1 Å². The van der Waals surface area contributed by atoms with Crippen LogP contribution < -0.4 is 20.1 Å². The number of benzene rings is 2. The van der Waals surface area contributed by atoms with Crippen molar-refractivity contribution in [2.75, 3.05) is 32.8 Å². The summed E-state index contributed by atoms with van der Waals surface area (Å²) in [4.78, 5) is 41.5. The molecule has 15 nitrogen and oxygen atoms in total. The molecule has 4 aromatic rings. The highest BCUT2D eigenvalue weighted by molar-refractivity contribution is 5.99. The summed E-state index contributed by atoms with van der Waals surface area (Å²) in [7, 11) is 0. The molecule has 0 saturated heterocycles. The molecule has 3 heterocycles. The van der Waals surface area contributed by atoms with E-state index in [1.807, 2.05) is 13.8 Å². The molecule has 0 fully saturated rings. The van der Waals surface area contributed by atoms with Crippen molar-refractivity contribution in [2.24, 2.45) is 5.92 Å². The highest BCUT2D eigenvalue weighted by Crippen LogP contribution is 2.21. The van der Waals surface area contributed by atoms with Gasteiger partial charge in [-0.1, -0.05) is 25.1 Å². The fourth-order valence-electron chi connectivity index (χ4n) is 4.84. The molecule has 242 valence electrons. The number of ether oxygens (including phenoxy) is 2. The molecule has 1 aliphatic heterocycles. The molecule has 1 aliphatic rings. The number of carbonyl (C=O) groups excluding carboxylic acids is 3. The maximum Gasteiger partial charge on any atom is 0.260 e. The Labute approximate surface area is 264 Å². The van der Waals surface area contributed by atoms with Crippen molar-refractivity contribution in [1.29, 1.82) is 0 Å². The van der Waals surface area contributed by atoms with Gasteiger partial charge in [0.25, 0.3) is 11.8 Å². The lowest BCUT2D eigenvalue weighted by Gasteiger charge is -2.24. The summed E-state index contributed by atoms with van der Waals surface area (Å²) >= 11 is 0. The Hall–Kier alpha value is -5.41. The molecule has 3 amide bonds. The smallest absolute Gasteiger partial charge is 0.260 e. The highest BCUT2D eigenvalue weighted by Gasteiger charge is 2.25. The number of carbonyl (C=O) groups is 3. The zero-order valence-electron chi connectivity index (χ0n) is 25.5. The van der Waals surface area contributed by atoms with Gasteiger partial charge in [0.05, 0.1) is 23.5 Å². The zero-order valence-corrected chi connectivity index (χ0v) is 25.5. The number of amides is 3. The van der Waals surface area contributed by atoms with Gasteiger partial charge in [-0.15, -0.1) is 10.2 Å². The lowest BCUT2D eigenvalue weighted by molar-refractivity contribution is -0.133. The summed E-state index contributed by atoms with van der Waals surface area (Å²) in [6.07, 6.45) is 3.94. The first kappa shape index (κ1) is 32.0. The van der Waals surface area contributed by atoms with E-state index in [2.05, 4.69) is 36.5 Å². The van der Waals surface area contributed by atoms with Crippen LogP contribution in [0.1, 0.15) is 36.3 Å². The molecule has 16 heteroatoms. The average Bonchev–Trinajstić information content (AvgIpc) is 3.74. The Morgan fingerprint density at radius 2 is 2.00 bits per heavy atom. The molecule has 1 atom stereocenters. The van der Waals surface area contributed by atoms with E-state index in [9.17, 15) is 18.8 Å². The van der Waals surface area contributed by atoms with Crippen LogP contribution in [-0.2, 0) is 22.6 Å². The van der Waals surface area contributed by atoms with Crippen LogP contribution in [0.5, 0.6) is 11.5 Å². The number of nitrogens with zero attached hydrogens (tertiary/aromatic N) is 8. The molecule has 2 N–H and O–H groups in total. The van der Waals surface area contributed by atoms with Crippen LogP contribution in [0.2, 0.25) is 0 Å². The van der Waals surface area contributed by atoms with Crippen LogP contribution in [0.3, 0.4) is 0 Å². The third-order valence-corrected chi connectivity index (χ3v) is 7.14. The van der Waals surface area contributed by atoms with E-state index in [0.29, 0.717) is 43.1 Å². The van der Waals surface area contributed by atoms with Gasteiger partial charge in [0, 0.05) is 38.3 Å². The quantitative estimate of drug-likeness (QED) is 0.314. The standard InChI is InChI=1S/C30H35FN10O5/c1-20(2)14-26-30(44)32-9-11-39(28(42)18-46-24-5-3-4-23(16-24)41-19-33-36-38-41)10-8-22-17-40(37-35-22)12-13-45-27-7-6-21(31)15-25(27)29(43)34-26/h3-7,15-17,19-20,26H,8-14,18H2,1-2H3,(H,32,44)(H,34,43)/t26-/m1/s1. The minimum absolute atomic E-state index is 0.0257. The third-order valence-electron chi connectivity index (χ3n) is 7.14. The van der Waals surface area contributed by atoms with Crippen LogP contribution in [0.15, 0.2) is 55.0 Å². The normalized spacial score (nSPS) is 16.4. The second kappa shape index (κ2) is 15.0. The Bertz CT molecular complexity index is 1640. The Morgan fingerprint density at radius 1 is 1.13 bits per heavy atom. The van der Waals surface area contributed by atoms with Crippen LogP contribution >= 0.6 is 0 Å². The zero-order chi connectivity index (χ0) is 32.5. The summed E-state index contributed by atoms with van der Waals surface area (Å²) in [5, 5.41) is 25.0. The number of hydrogen-bond donors (Lipinski definition) is 2. The lowest BCUT2D eigenvalue weighted by Crippen LogP contribution is -2.49. The minimum atomic E-state index is -0.896. The molecule has 0 unspecified atom stereocenters. The number of aromatic nitrogens is 7.